The van der Waals surface area contributed by atoms with E-state index < -0.39 is 0 Å². The summed E-state index contributed by atoms with van der Waals surface area (Å²) in [5.74, 6) is 0.0608. The molecule has 1 fully saturated rings. The van der Waals surface area contributed by atoms with E-state index in [4.69, 9.17) is 5.73 Å². The van der Waals surface area contributed by atoms with Crippen molar-refractivity contribution in [2.45, 2.75) is 44.1 Å². The van der Waals surface area contributed by atoms with E-state index in [1.165, 1.54) is 30.0 Å². The average Bonchev–Trinajstić information content (AvgIpc) is 2.54. The number of nitrogens with two attached hydrogens (primary N) is 1. The van der Waals surface area contributed by atoms with E-state index in [1.807, 2.05) is 18.2 Å². The molecule has 0 unspecified atom stereocenters. The van der Waals surface area contributed by atoms with Crippen LogP contribution in [-0.4, -0.2) is 18.0 Å². The highest BCUT2D eigenvalue weighted by atomic mass is 16.1. The molecule has 0 atom stereocenters. The largest absolute Gasteiger partial charge is 0.354 e. The molecule has 1 saturated carbocycles. The molecular formula is C19H24N2O. The zero-order valence-electron chi connectivity index (χ0n) is 13.0. The van der Waals surface area contributed by atoms with E-state index in [9.17, 15) is 4.79 Å². The van der Waals surface area contributed by atoms with Gasteiger partial charge < -0.3 is 11.1 Å². The molecule has 3 heteroatoms. The standard InChI is InChI=1S/C19H24N2O/c20-19(10-4-1-5-11-19)14-21-18(22)13-15-8-9-16-6-2-3-7-17(16)12-15/h2-3,6-9,12H,1,4-5,10-11,13-14,20H2,(H,21,22). The Morgan fingerprint density at radius 2 is 1.77 bits per heavy atom. The third-order valence-corrected chi connectivity index (χ3v) is 4.67. The molecule has 1 amide bonds. The summed E-state index contributed by atoms with van der Waals surface area (Å²) in [6.45, 7) is 0.597. The van der Waals surface area contributed by atoms with Crippen LogP contribution in [0.15, 0.2) is 42.5 Å². The number of fused-ring (bicyclic) bond motifs is 1. The number of carbonyl (C=O) groups is 1. The SMILES string of the molecule is NC1(CNC(=O)Cc2ccc3ccccc3c2)CCCCC1. The average molecular weight is 296 g/mol. The Balaban J connectivity index is 1.58. The van der Waals surface area contributed by atoms with Crippen LogP contribution in [0.2, 0.25) is 0 Å². The highest BCUT2D eigenvalue weighted by molar-refractivity contribution is 5.85. The van der Waals surface area contributed by atoms with Crippen LogP contribution in [0.3, 0.4) is 0 Å². The zero-order valence-corrected chi connectivity index (χ0v) is 13.0. The van der Waals surface area contributed by atoms with Gasteiger partial charge in [-0.3, -0.25) is 4.79 Å². The lowest BCUT2D eigenvalue weighted by atomic mass is 9.82. The Morgan fingerprint density at radius 3 is 2.55 bits per heavy atom. The fraction of sp³-hybridized carbons (Fsp3) is 0.421. The molecule has 2 aromatic rings. The molecule has 1 aliphatic rings. The quantitative estimate of drug-likeness (QED) is 0.910. The lowest BCUT2D eigenvalue weighted by Gasteiger charge is -2.33. The second kappa shape index (κ2) is 6.49. The van der Waals surface area contributed by atoms with Crippen LogP contribution in [0.25, 0.3) is 10.8 Å². The van der Waals surface area contributed by atoms with Gasteiger partial charge in [-0.2, -0.15) is 0 Å². The summed E-state index contributed by atoms with van der Waals surface area (Å²) < 4.78 is 0. The van der Waals surface area contributed by atoms with Crippen molar-refractivity contribution in [3.63, 3.8) is 0 Å². The smallest absolute Gasteiger partial charge is 0.224 e. The normalized spacial score (nSPS) is 17.3. The molecule has 0 heterocycles. The van der Waals surface area contributed by atoms with Gasteiger partial charge in [0.2, 0.25) is 5.91 Å². The van der Waals surface area contributed by atoms with Crippen molar-refractivity contribution in [2.24, 2.45) is 5.73 Å². The molecule has 22 heavy (non-hydrogen) atoms. The molecule has 0 aliphatic heterocycles. The number of nitrogens with one attached hydrogen (secondary N) is 1. The summed E-state index contributed by atoms with van der Waals surface area (Å²) in [7, 11) is 0. The fourth-order valence-corrected chi connectivity index (χ4v) is 3.30. The first-order valence-corrected chi connectivity index (χ1v) is 8.18. The molecule has 3 rings (SSSR count). The van der Waals surface area contributed by atoms with Crippen molar-refractivity contribution in [1.82, 2.24) is 5.32 Å². The Morgan fingerprint density at radius 1 is 1.05 bits per heavy atom. The van der Waals surface area contributed by atoms with E-state index in [1.54, 1.807) is 0 Å². The predicted molar refractivity (Wildman–Crippen MR) is 90.7 cm³/mol. The number of hydrogen-bond acceptors (Lipinski definition) is 2. The Kier molecular flexibility index (Phi) is 4.44. The summed E-state index contributed by atoms with van der Waals surface area (Å²) in [6, 6.07) is 14.4. The highest BCUT2D eigenvalue weighted by Crippen LogP contribution is 2.25. The van der Waals surface area contributed by atoms with Crippen molar-refractivity contribution in [3.05, 3.63) is 48.0 Å². The summed E-state index contributed by atoms with van der Waals surface area (Å²) in [4.78, 5) is 12.2. The van der Waals surface area contributed by atoms with Gasteiger partial charge in [-0.25, -0.2) is 0 Å². The lowest BCUT2D eigenvalue weighted by molar-refractivity contribution is -0.120. The van der Waals surface area contributed by atoms with Gasteiger partial charge in [0.05, 0.1) is 6.42 Å². The van der Waals surface area contributed by atoms with Crippen LogP contribution in [-0.2, 0) is 11.2 Å². The van der Waals surface area contributed by atoms with E-state index in [2.05, 4.69) is 29.6 Å². The second-order valence-electron chi connectivity index (χ2n) is 6.56. The van der Waals surface area contributed by atoms with Gasteiger partial charge in [0.25, 0.3) is 0 Å². The van der Waals surface area contributed by atoms with Crippen LogP contribution < -0.4 is 11.1 Å². The fourth-order valence-electron chi connectivity index (χ4n) is 3.30. The summed E-state index contributed by atoms with van der Waals surface area (Å²) in [5.41, 5.74) is 7.21. The summed E-state index contributed by atoms with van der Waals surface area (Å²) in [5, 5.41) is 5.41. The molecule has 1 aliphatic carbocycles. The maximum Gasteiger partial charge on any atom is 0.224 e. The molecule has 0 bridgehead atoms. The summed E-state index contributed by atoms with van der Waals surface area (Å²) in [6.07, 6.45) is 6.07. The van der Waals surface area contributed by atoms with Crippen molar-refractivity contribution >= 4 is 16.7 Å². The monoisotopic (exact) mass is 296 g/mol. The van der Waals surface area contributed by atoms with Crippen molar-refractivity contribution in [3.8, 4) is 0 Å². The number of hydrogen-bond donors (Lipinski definition) is 2. The Hall–Kier alpha value is -1.87. The Labute approximate surface area is 131 Å². The Bertz CT molecular complexity index is 659. The maximum atomic E-state index is 12.2. The minimum Gasteiger partial charge on any atom is -0.354 e. The van der Waals surface area contributed by atoms with Crippen LogP contribution in [0, 0.1) is 0 Å². The molecular weight excluding hydrogens is 272 g/mol. The molecule has 116 valence electrons. The summed E-state index contributed by atoms with van der Waals surface area (Å²) >= 11 is 0. The van der Waals surface area contributed by atoms with Gasteiger partial charge in [-0.05, 0) is 29.2 Å². The van der Waals surface area contributed by atoms with Gasteiger partial charge >= 0.3 is 0 Å². The van der Waals surface area contributed by atoms with E-state index in [-0.39, 0.29) is 11.4 Å². The van der Waals surface area contributed by atoms with Gasteiger partial charge in [-0.15, -0.1) is 0 Å². The predicted octanol–water partition coefficient (Wildman–Crippen LogP) is 3.16. The van der Waals surface area contributed by atoms with Crippen LogP contribution in [0.5, 0.6) is 0 Å². The van der Waals surface area contributed by atoms with Crippen molar-refractivity contribution < 1.29 is 4.79 Å². The topological polar surface area (TPSA) is 55.1 Å². The number of carbonyl (C=O) groups excluding carboxylic acids is 1. The number of benzene rings is 2. The molecule has 3 nitrogen and oxygen atoms in total. The van der Waals surface area contributed by atoms with E-state index in [0.717, 1.165) is 18.4 Å². The van der Waals surface area contributed by atoms with Gasteiger partial charge in [0.15, 0.2) is 0 Å². The second-order valence-corrected chi connectivity index (χ2v) is 6.56. The van der Waals surface area contributed by atoms with Gasteiger partial charge in [-0.1, -0.05) is 61.7 Å². The highest BCUT2D eigenvalue weighted by Gasteiger charge is 2.27. The molecule has 0 spiro atoms. The third kappa shape index (κ3) is 3.66. The molecule has 3 N–H and O–H groups in total. The van der Waals surface area contributed by atoms with Crippen molar-refractivity contribution in [2.75, 3.05) is 6.54 Å². The molecule has 2 aromatic carbocycles. The first kappa shape index (κ1) is 15.0. The lowest BCUT2D eigenvalue weighted by Crippen LogP contribution is -2.51. The number of amides is 1. The molecule has 0 aromatic heterocycles. The van der Waals surface area contributed by atoms with Crippen LogP contribution in [0.4, 0.5) is 0 Å². The van der Waals surface area contributed by atoms with Gasteiger partial charge in [0.1, 0.15) is 0 Å². The van der Waals surface area contributed by atoms with Gasteiger partial charge in [0, 0.05) is 12.1 Å². The minimum atomic E-state index is -0.197. The minimum absolute atomic E-state index is 0.0608. The molecule has 0 saturated heterocycles. The number of rotatable bonds is 4. The van der Waals surface area contributed by atoms with E-state index in [0.29, 0.717) is 13.0 Å². The van der Waals surface area contributed by atoms with Crippen molar-refractivity contribution in [1.29, 1.82) is 0 Å². The van der Waals surface area contributed by atoms with Crippen LogP contribution in [0.1, 0.15) is 37.7 Å². The van der Waals surface area contributed by atoms with Crippen LogP contribution >= 0.6 is 0 Å². The molecule has 0 radical (unpaired) electrons. The first-order chi connectivity index (χ1) is 10.6. The third-order valence-electron chi connectivity index (χ3n) is 4.67. The zero-order chi connectivity index (χ0) is 15.4. The first-order valence-electron chi connectivity index (χ1n) is 8.18. The maximum absolute atomic E-state index is 12.2. The van der Waals surface area contributed by atoms with E-state index >= 15 is 0 Å².